The lowest BCUT2D eigenvalue weighted by molar-refractivity contribution is -0.144. The van der Waals surface area contributed by atoms with E-state index in [1.54, 1.807) is 18.2 Å². The minimum atomic E-state index is -4.22. The van der Waals surface area contributed by atoms with E-state index in [1.807, 2.05) is 0 Å². The van der Waals surface area contributed by atoms with Crippen molar-refractivity contribution in [2.24, 2.45) is 0 Å². The second-order valence-electron chi connectivity index (χ2n) is 3.49. The lowest BCUT2D eigenvalue weighted by Gasteiger charge is -2.19. The molecule has 1 aromatic rings. The summed E-state index contributed by atoms with van der Waals surface area (Å²) < 4.78 is 36.3. The molecular formula is C10H10Cl2F3N. The van der Waals surface area contributed by atoms with Crippen molar-refractivity contribution < 1.29 is 13.2 Å². The second kappa shape index (κ2) is 5.25. The molecule has 1 rings (SSSR count). The highest BCUT2D eigenvalue weighted by molar-refractivity contribution is 6.35. The van der Waals surface area contributed by atoms with E-state index in [0.29, 0.717) is 15.6 Å². The lowest BCUT2D eigenvalue weighted by atomic mass is 10.2. The standard InChI is InChI=1S/C10H10Cl2F3N/c1-16(6-10(13,14)15)5-7-8(11)3-2-4-9(7)12/h2-4H,5-6H2,1H3. The maximum atomic E-state index is 12.1. The predicted octanol–water partition coefficient (Wildman–Crippen LogP) is 3.99. The molecule has 0 atom stereocenters. The number of benzene rings is 1. The zero-order valence-electron chi connectivity index (χ0n) is 8.48. The summed E-state index contributed by atoms with van der Waals surface area (Å²) in [6, 6.07) is 4.85. The fraction of sp³-hybridized carbons (Fsp3) is 0.400. The molecule has 0 spiro atoms. The number of alkyl halides is 3. The van der Waals surface area contributed by atoms with Gasteiger partial charge in [0.05, 0.1) is 6.54 Å². The summed E-state index contributed by atoms with van der Waals surface area (Å²) in [4.78, 5) is 1.12. The average molecular weight is 272 g/mol. The van der Waals surface area contributed by atoms with Crippen molar-refractivity contribution in [2.75, 3.05) is 13.6 Å². The molecule has 0 fully saturated rings. The van der Waals surface area contributed by atoms with Crippen LogP contribution in [0.4, 0.5) is 13.2 Å². The van der Waals surface area contributed by atoms with Gasteiger partial charge >= 0.3 is 6.18 Å². The quantitative estimate of drug-likeness (QED) is 0.804. The van der Waals surface area contributed by atoms with Crippen LogP contribution >= 0.6 is 23.2 Å². The average Bonchev–Trinajstić information content (AvgIpc) is 2.08. The Morgan fingerprint density at radius 3 is 2.12 bits per heavy atom. The predicted molar refractivity (Wildman–Crippen MR) is 58.9 cm³/mol. The van der Waals surface area contributed by atoms with Crippen LogP contribution in [-0.2, 0) is 6.54 Å². The van der Waals surface area contributed by atoms with Crippen molar-refractivity contribution in [3.63, 3.8) is 0 Å². The number of hydrogen-bond acceptors (Lipinski definition) is 1. The summed E-state index contributed by atoms with van der Waals surface area (Å²) in [5, 5.41) is 0.753. The zero-order valence-corrected chi connectivity index (χ0v) is 10.00. The second-order valence-corrected chi connectivity index (χ2v) is 4.30. The van der Waals surface area contributed by atoms with Gasteiger partial charge in [0.15, 0.2) is 0 Å². The monoisotopic (exact) mass is 271 g/mol. The first-order chi connectivity index (χ1) is 7.29. The molecule has 1 aromatic carbocycles. The van der Waals surface area contributed by atoms with E-state index in [0.717, 1.165) is 4.90 Å². The highest BCUT2D eigenvalue weighted by atomic mass is 35.5. The van der Waals surface area contributed by atoms with Crippen LogP contribution in [0.3, 0.4) is 0 Å². The smallest absolute Gasteiger partial charge is 0.294 e. The fourth-order valence-corrected chi connectivity index (χ4v) is 1.83. The minimum absolute atomic E-state index is 0.0675. The van der Waals surface area contributed by atoms with Gasteiger partial charge in [-0.2, -0.15) is 13.2 Å². The highest BCUT2D eigenvalue weighted by Gasteiger charge is 2.29. The van der Waals surface area contributed by atoms with Crippen LogP contribution in [0.25, 0.3) is 0 Å². The van der Waals surface area contributed by atoms with Gasteiger partial charge in [0, 0.05) is 22.2 Å². The van der Waals surface area contributed by atoms with Crippen molar-refractivity contribution in [3.05, 3.63) is 33.8 Å². The Balaban J connectivity index is 2.73. The highest BCUT2D eigenvalue weighted by Crippen LogP contribution is 2.26. The molecule has 0 radical (unpaired) electrons. The van der Waals surface area contributed by atoms with Gasteiger partial charge in [-0.05, 0) is 19.2 Å². The van der Waals surface area contributed by atoms with Gasteiger partial charge in [0.1, 0.15) is 0 Å². The van der Waals surface area contributed by atoms with Crippen molar-refractivity contribution in [1.82, 2.24) is 4.90 Å². The van der Waals surface area contributed by atoms with Gasteiger partial charge in [-0.25, -0.2) is 0 Å². The van der Waals surface area contributed by atoms with Crippen molar-refractivity contribution in [2.45, 2.75) is 12.7 Å². The van der Waals surface area contributed by atoms with E-state index in [1.165, 1.54) is 7.05 Å². The summed E-state index contributed by atoms with van der Waals surface area (Å²) in [5.74, 6) is 0. The maximum absolute atomic E-state index is 12.1. The molecule has 0 N–H and O–H groups in total. The Kier molecular flexibility index (Phi) is 4.47. The Labute approximate surface area is 102 Å². The number of hydrogen-bond donors (Lipinski definition) is 0. The van der Waals surface area contributed by atoms with Gasteiger partial charge < -0.3 is 0 Å². The van der Waals surface area contributed by atoms with Crippen LogP contribution in [0.5, 0.6) is 0 Å². The molecule has 0 saturated carbocycles. The van der Waals surface area contributed by atoms with Crippen LogP contribution in [0.1, 0.15) is 5.56 Å². The Bertz CT molecular complexity index is 345. The summed E-state index contributed by atoms with van der Waals surface area (Å²) in [7, 11) is 1.37. The molecule has 0 unspecified atom stereocenters. The zero-order chi connectivity index (χ0) is 12.3. The van der Waals surface area contributed by atoms with Crippen LogP contribution in [0.2, 0.25) is 10.0 Å². The first kappa shape index (κ1) is 13.6. The molecule has 0 aliphatic carbocycles. The molecule has 6 heteroatoms. The van der Waals surface area contributed by atoms with Crippen molar-refractivity contribution >= 4 is 23.2 Å². The minimum Gasteiger partial charge on any atom is -0.294 e. The normalized spacial score (nSPS) is 12.2. The molecule has 0 amide bonds. The van der Waals surface area contributed by atoms with Gasteiger partial charge in [-0.3, -0.25) is 4.90 Å². The summed E-state index contributed by atoms with van der Waals surface area (Å²) >= 11 is 11.7. The molecule has 90 valence electrons. The molecule has 0 aromatic heterocycles. The largest absolute Gasteiger partial charge is 0.401 e. The topological polar surface area (TPSA) is 3.24 Å². The molecular weight excluding hydrogens is 262 g/mol. The Hall–Kier alpha value is -0.450. The molecule has 0 heterocycles. The van der Waals surface area contributed by atoms with Gasteiger partial charge in [-0.15, -0.1) is 0 Å². The van der Waals surface area contributed by atoms with Gasteiger partial charge in [0.2, 0.25) is 0 Å². The van der Waals surface area contributed by atoms with E-state index in [4.69, 9.17) is 23.2 Å². The number of rotatable bonds is 3. The SMILES string of the molecule is CN(Cc1c(Cl)cccc1Cl)CC(F)(F)F. The number of halogens is 5. The molecule has 0 bridgehead atoms. The Morgan fingerprint density at radius 2 is 1.69 bits per heavy atom. The van der Waals surface area contributed by atoms with E-state index in [9.17, 15) is 13.2 Å². The van der Waals surface area contributed by atoms with Crippen LogP contribution in [-0.4, -0.2) is 24.7 Å². The first-order valence-electron chi connectivity index (χ1n) is 4.48. The summed E-state index contributed by atoms with van der Waals surface area (Å²) in [6.07, 6.45) is -4.22. The fourth-order valence-electron chi connectivity index (χ4n) is 1.32. The number of nitrogens with zero attached hydrogens (tertiary/aromatic N) is 1. The molecule has 0 aliphatic heterocycles. The lowest BCUT2D eigenvalue weighted by Crippen LogP contribution is -2.30. The third-order valence-electron chi connectivity index (χ3n) is 1.94. The van der Waals surface area contributed by atoms with Crippen molar-refractivity contribution in [1.29, 1.82) is 0 Å². The van der Waals surface area contributed by atoms with E-state index in [2.05, 4.69) is 0 Å². The van der Waals surface area contributed by atoms with E-state index < -0.39 is 12.7 Å². The van der Waals surface area contributed by atoms with Crippen LogP contribution in [0, 0.1) is 0 Å². The third kappa shape index (κ3) is 4.20. The molecule has 0 aliphatic rings. The first-order valence-corrected chi connectivity index (χ1v) is 5.23. The van der Waals surface area contributed by atoms with Crippen LogP contribution < -0.4 is 0 Å². The summed E-state index contributed by atoms with van der Waals surface area (Å²) in [6.45, 7) is -0.924. The molecule has 16 heavy (non-hydrogen) atoms. The maximum Gasteiger partial charge on any atom is 0.401 e. The molecule has 1 nitrogen and oxygen atoms in total. The van der Waals surface area contributed by atoms with Crippen molar-refractivity contribution in [3.8, 4) is 0 Å². The van der Waals surface area contributed by atoms with Crippen LogP contribution in [0.15, 0.2) is 18.2 Å². The van der Waals surface area contributed by atoms with Gasteiger partial charge in [-0.1, -0.05) is 29.3 Å². The third-order valence-corrected chi connectivity index (χ3v) is 2.65. The Morgan fingerprint density at radius 1 is 1.19 bits per heavy atom. The van der Waals surface area contributed by atoms with Gasteiger partial charge in [0.25, 0.3) is 0 Å². The summed E-state index contributed by atoms with van der Waals surface area (Å²) in [5.41, 5.74) is 0.512. The van der Waals surface area contributed by atoms with E-state index >= 15 is 0 Å². The molecule has 0 saturated heterocycles. The van der Waals surface area contributed by atoms with E-state index in [-0.39, 0.29) is 6.54 Å².